The van der Waals surface area contributed by atoms with E-state index in [-0.39, 0.29) is 29.2 Å². The average molecular weight is 402 g/mol. The van der Waals surface area contributed by atoms with Gasteiger partial charge in [-0.25, -0.2) is 4.79 Å². The van der Waals surface area contributed by atoms with Gasteiger partial charge in [0.05, 0.1) is 17.2 Å². The lowest BCUT2D eigenvalue weighted by Gasteiger charge is -2.19. The summed E-state index contributed by atoms with van der Waals surface area (Å²) in [6.45, 7) is 1.93. The molecule has 1 heterocycles. The molecule has 1 aliphatic rings. The van der Waals surface area contributed by atoms with Crippen molar-refractivity contribution < 1.29 is 39.1 Å². The summed E-state index contributed by atoms with van der Waals surface area (Å²) in [5.74, 6) is -0.594. The number of hydrogen-bond donors (Lipinski definition) is 3. The van der Waals surface area contributed by atoms with Crippen molar-refractivity contribution in [1.82, 2.24) is 0 Å². The van der Waals surface area contributed by atoms with Gasteiger partial charge in [0.15, 0.2) is 6.29 Å². The van der Waals surface area contributed by atoms with Crippen LogP contribution in [-0.4, -0.2) is 52.2 Å². The van der Waals surface area contributed by atoms with Crippen LogP contribution < -0.4 is 9.47 Å². The largest absolute Gasteiger partial charge is 0.488 e. The number of aromatic carboxylic acids is 1. The lowest BCUT2D eigenvalue weighted by atomic mass is 10.1. The van der Waals surface area contributed by atoms with Gasteiger partial charge >= 0.3 is 5.97 Å². The summed E-state index contributed by atoms with van der Waals surface area (Å²) in [5.41, 5.74) is 1.03. The normalized spacial score (nSPS) is 23.6. The first-order valence-electron chi connectivity index (χ1n) is 9.16. The van der Waals surface area contributed by atoms with Crippen molar-refractivity contribution in [2.24, 2.45) is 0 Å². The van der Waals surface area contributed by atoms with E-state index in [1.54, 1.807) is 30.3 Å². The van der Waals surface area contributed by atoms with Crippen LogP contribution in [0.2, 0.25) is 0 Å². The molecule has 0 aliphatic carbocycles. The molecular weight excluding hydrogens is 380 g/mol. The van der Waals surface area contributed by atoms with E-state index in [4.69, 9.17) is 19.3 Å². The number of carbonyl (C=O) groups excluding carboxylic acids is 1. The third-order valence-electron chi connectivity index (χ3n) is 4.70. The first kappa shape index (κ1) is 20.8. The van der Waals surface area contributed by atoms with Crippen molar-refractivity contribution >= 4 is 12.3 Å². The van der Waals surface area contributed by atoms with Crippen LogP contribution in [0.25, 0.3) is 0 Å². The molecule has 29 heavy (non-hydrogen) atoms. The molecule has 0 radical (unpaired) electrons. The second-order valence-electron chi connectivity index (χ2n) is 6.63. The monoisotopic (exact) mass is 402 g/mol. The number of hydrogen-bond acceptors (Lipinski definition) is 7. The molecule has 8 heteroatoms. The van der Waals surface area contributed by atoms with Gasteiger partial charge in [-0.2, -0.15) is 0 Å². The van der Waals surface area contributed by atoms with Crippen molar-refractivity contribution in [3.05, 3.63) is 59.2 Å². The second kappa shape index (κ2) is 9.04. The fourth-order valence-electron chi connectivity index (χ4n) is 3.05. The van der Waals surface area contributed by atoms with Gasteiger partial charge in [-0.15, -0.1) is 0 Å². The van der Waals surface area contributed by atoms with Gasteiger partial charge in [0.25, 0.3) is 0 Å². The third kappa shape index (κ3) is 4.56. The Bertz CT molecular complexity index is 863. The average Bonchev–Trinajstić information content (AvgIpc) is 3.00. The molecule has 3 rings (SSSR count). The fourth-order valence-corrected chi connectivity index (χ4v) is 3.05. The van der Waals surface area contributed by atoms with Gasteiger partial charge in [0.2, 0.25) is 6.29 Å². The lowest BCUT2D eigenvalue weighted by Crippen LogP contribution is -2.35. The minimum absolute atomic E-state index is 0.114. The molecule has 2 unspecified atom stereocenters. The summed E-state index contributed by atoms with van der Waals surface area (Å²) in [4.78, 5) is 22.6. The number of carboxylic acid groups (broad SMARTS) is 1. The Hall–Kier alpha value is -2.94. The van der Waals surface area contributed by atoms with E-state index in [1.165, 1.54) is 12.1 Å². The number of carbonyl (C=O) groups is 2. The Morgan fingerprint density at radius 1 is 1.10 bits per heavy atom. The molecule has 2 aromatic carbocycles. The summed E-state index contributed by atoms with van der Waals surface area (Å²) in [6, 6.07) is 10.9. The zero-order valence-electron chi connectivity index (χ0n) is 15.7. The molecule has 4 atom stereocenters. The van der Waals surface area contributed by atoms with E-state index in [0.29, 0.717) is 12.7 Å². The molecule has 3 N–H and O–H groups in total. The number of aldehydes is 1. The molecule has 0 bridgehead atoms. The lowest BCUT2D eigenvalue weighted by molar-refractivity contribution is -0.110. The second-order valence-corrected chi connectivity index (χ2v) is 6.63. The van der Waals surface area contributed by atoms with Gasteiger partial charge in [0.1, 0.15) is 30.3 Å². The van der Waals surface area contributed by atoms with E-state index in [1.807, 2.05) is 6.92 Å². The molecule has 154 valence electrons. The van der Waals surface area contributed by atoms with Crippen LogP contribution in [0.5, 0.6) is 11.5 Å². The van der Waals surface area contributed by atoms with Crippen LogP contribution in [0.3, 0.4) is 0 Å². The fraction of sp³-hybridized carbons (Fsp3) is 0.333. The first-order valence-corrected chi connectivity index (χ1v) is 9.16. The molecule has 1 saturated heterocycles. The minimum Gasteiger partial charge on any atom is -0.488 e. The number of aliphatic hydroxyl groups is 2. The predicted molar refractivity (Wildman–Crippen MR) is 101 cm³/mol. The molecule has 1 aliphatic heterocycles. The van der Waals surface area contributed by atoms with Crippen molar-refractivity contribution in [2.45, 2.75) is 44.6 Å². The Balaban J connectivity index is 1.72. The highest BCUT2D eigenvalue weighted by Gasteiger charge is 2.43. The number of carboxylic acids is 1. The summed E-state index contributed by atoms with van der Waals surface area (Å²) in [6.07, 6.45) is -2.89. The van der Waals surface area contributed by atoms with Crippen molar-refractivity contribution in [3.63, 3.8) is 0 Å². The Morgan fingerprint density at radius 3 is 2.38 bits per heavy atom. The Labute approximate surface area is 167 Å². The summed E-state index contributed by atoms with van der Waals surface area (Å²) in [5, 5.41) is 29.0. The van der Waals surface area contributed by atoms with Crippen LogP contribution in [0.4, 0.5) is 0 Å². The van der Waals surface area contributed by atoms with E-state index in [2.05, 4.69) is 0 Å². The maximum absolute atomic E-state index is 11.6. The molecule has 0 saturated carbocycles. The SMILES string of the molecule is CC[C@H]1O[C@@H](Oc2cccc(OCc3ccc(C(=O)O)cc3)c2C=O)C(O)C1O. The Morgan fingerprint density at radius 2 is 1.79 bits per heavy atom. The van der Waals surface area contributed by atoms with E-state index < -0.39 is 30.6 Å². The number of aliphatic hydroxyl groups excluding tert-OH is 2. The van der Waals surface area contributed by atoms with Crippen LogP contribution in [0.15, 0.2) is 42.5 Å². The van der Waals surface area contributed by atoms with Gasteiger partial charge in [-0.05, 0) is 36.2 Å². The molecule has 0 aromatic heterocycles. The molecule has 8 nitrogen and oxygen atoms in total. The van der Waals surface area contributed by atoms with Crippen LogP contribution >= 0.6 is 0 Å². The zero-order chi connectivity index (χ0) is 21.0. The highest BCUT2D eigenvalue weighted by Crippen LogP contribution is 2.32. The standard InChI is InChI=1S/C21H22O8/c1-2-15-18(23)19(24)21(28-15)29-17-5-3-4-16(14(17)10-22)27-11-12-6-8-13(9-7-12)20(25)26/h3-10,15,18-19,21,23-24H,2,11H2,1H3,(H,25,26)/t15-,18?,19?,21+/m1/s1. The van der Waals surface area contributed by atoms with Crippen molar-refractivity contribution in [3.8, 4) is 11.5 Å². The first-order chi connectivity index (χ1) is 13.9. The maximum Gasteiger partial charge on any atom is 0.335 e. The van der Waals surface area contributed by atoms with E-state index >= 15 is 0 Å². The van der Waals surface area contributed by atoms with E-state index in [9.17, 15) is 19.8 Å². The topological polar surface area (TPSA) is 123 Å². The zero-order valence-corrected chi connectivity index (χ0v) is 15.7. The number of benzene rings is 2. The van der Waals surface area contributed by atoms with Crippen LogP contribution in [0, 0.1) is 0 Å². The molecule has 1 fully saturated rings. The molecule has 0 spiro atoms. The van der Waals surface area contributed by atoms with Gasteiger partial charge < -0.3 is 29.5 Å². The summed E-state index contributed by atoms with van der Waals surface area (Å²) < 4.78 is 16.8. The predicted octanol–water partition coefficient (Wildman–Crippen LogP) is 2.01. The smallest absolute Gasteiger partial charge is 0.335 e. The Kier molecular flexibility index (Phi) is 6.48. The van der Waals surface area contributed by atoms with Gasteiger partial charge in [-0.1, -0.05) is 25.1 Å². The van der Waals surface area contributed by atoms with Gasteiger partial charge in [-0.3, -0.25) is 4.79 Å². The minimum atomic E-state index is -1.24. The van der Waals surface area contributed by atoms with Gasteiger partial charge in [0, 0.05) is 0 Å². The maximum atomic E-state index is 11.6. The van der Waals surface area contributed by atoms with Crippen molar-refractivity contribution in [1.29, 1.82) is 0 Å². The third-order valence-corrected chi connectivity index (χ3v) is 4.70. The van der Waals surface area contributed by atoms with Crippen LogP contribution in [0.1, 0.15) is 39.6 Å². The van der Waals surface area contributed by atoms with E-state index in [0.717, 1.165) is 5.56 Å². The molecule has 2 aromatic rings. The molecular formula is C21H22O8. The van der Waals surface area contributed by atoms with Crippen LogP contribution in [-0.2, 0) is 11.3 Å². The molecule has 0 amide bonds. The summed E-state index contributed by atoms with van der Waals surface area (Å²) >= 11 is 0. The summed E-state index contributed by atoms with van der Waals surface area (Å²) in [7, 11) is 0. The highest BCUT2D eigenvalue weighted by atomic mass is 16.7. The number of rotatable bonds is 8. The van der Waals surface area contributed by atoms with Crippen molar-refractivity contribution in [2.75, 3.05) is 0 Å². The quantitative estimate of drug-likeness (QED) is 0.573. The highest BCUT2D eigenvalue weighted by molar-refractivity contribution is 5.87. The number of ether oxygens (including phenoxy) is 3.